The van der Waals surface area contributed by atoms with E-state index in [4.69, 9.17) is 5.73 Å². The number of aliphatic hydroxyl groups is 1. The van der Waals surface area contributed by atoms with E-state index in [-0.39, 0.29) is 13.2 Å². The number of halogens is 2. The van der Waals surface area contributed by atoms with Crippen LogP contribution in [-0.2, 0) is 18.4 Å². The number of nitrogens with zero attached hydrogens (tertiary/aromatic N) is 2. The first-order valence-electron chi connectivity index (χ1n) is 6.82. The lowest BCUT2D eigenvalue weighted by molar-refractivity contribution is 0.195. The molecule has 0 saturated carbocycles. The van der Waals surface area contributed by atoms with E-state index in [1.165, 1.54) is 12.1 Å². The fourth-order valence-electron chi connectivity index (χ4n) is 2.43. The third-order valence-electron chi connectivity index (χ3n) is 3.72. The van der Waals surface area contributed by atoms with Gasteiger partial charge in [-0.2, -0.15) is 5.10 Å². The van der Waals surface area contributed by atoms with Crippen LogP contribution in [0.15, 0.2) is 30.6 Å². The van der Waals surface area contributed by atoms with Crippen molar-refractivity contribution in [3.8, 4) is 0 Å². The molecule has 114 valence electrons. The Balaban J connectivity index is 2.39. The first-order chi connectivity index (χ1) is 10.0. The van der Waals surface area contributed by atoms with Crippen LogP contribution in [0.1, 0.15) is 18.1 Å². The van der Waals surface area contributed by atoms with Gasteiger partial charge in [0.15, 0.2) is 0 Å². The van der Waals surface area contributed by atoms with Crippen molar-refractivity contribution >= 4 is 0 Å². The molecule has 21 heavy (non-hydrogen) atoms. The van der Waals surface area contributed by atoms with Gasteiger partial charge in [0, 0.05) is 30.8 Å². The fraction of sp³-hybridized carbons (Fsp3) is 0.400. The molecule has 1 unspecified atom stereocenters. The van der Waals surface area contributed by atoms with E-state index in [2.05, 4.69) is 5.10 Å². The van der Waals surface area contributed by atoms with Gasteiger partial charge in [0.05, 0.1) is 12.8 Å². The summed E-state index contributed by atoms with van der Waals surface area (Å²) in [5.74, 6) is -1.36. The Morgan fingerprint density at radius 1 is 1.29 bits per heavy atom. The Morgan fingerprint density at radius 2 is 1.95 bits per heavy atom. The standard InChI is InChI=1S/C15H19F2N3O/c1-2-20-8-11(7-19-20)6-15(9-18,10-21)12-3-13(16)5-14(17)4-12/h3-5,7-8,21H,2,6,9-10,18H2,1H3. The Bertz CT molecular complexity index is 588. The van der Waals surface area contributed by atoms with Gasteiger partial charge in [0.2, 0.25) is 0 Å². The maximum absolute atomic E-state index is 13.4. The molecule has 2 aromatic rings. The number of aryl methyl sites for hydroxylation is 1. The lowest BCUT2D eigenvalue weighted by atomic mass is 9.76. The van der Waals surface area contributed by atoms with Crippen LogP contribution in [0, 0.1) is 11.6 Å². The Labute approximate surface area is 122 Å². The molecule has 0 aliphatic carbocycles. The van der Waals surface area contributed by atoms with E-state index < -0.39 is 17.0 Å². The molecule has 0 fully saturated rings. The molecule has 0 aliphatic rings. The van der Waals surface area contributed by atoms with Gasteiger partial charge in [-0.05, 0) is 36.6 Å². The summed E-state index contributed by atoms with van der Waals surface area (Å²) in [5, 5.41) is 13.9. The summed E-state index contributed by atoms with van der Waals surface area (Å²) >= 11 is 0. The molecule has 1 atom stereocenters. The third kappa shape index (κ3) is 3.28. The second-order valence-corrected chi connectivity index (χ2v) is 5.18. The van der Waals surface area contributed by atoms with Gasteiger partial charge in [0.25, 0.3) is 0 Å². The fourth-order valence-corrected chi connectivity index (χ4v) is 2.43. The maximum Gasteiger partial charge on any atom is 0.126 e. The minimum Gasteiger partial charge on any atom is -0.395 e. The molecule has 0 amide bonds. The molecule has 1 aromatic heterocycles. The van der Waals surface area contributed by atoms with Crippen molar-refractivity contribution in [1.82, 2.24) is 9.78 Å². The van der Waals surface area contributed by atoms with Gasteiger partial charge in [-0.15, -0.1) is 0 Å². The van der Waals surface area contributed by atoms with Crippen LogP contribution in [0.2, 0.25) is 0 Å². The molecule has 0 radical (unpaired) electrons. The number of benzene rings is 1. The van der Waals surface area contributed by atoms with Gasteiger partial charge in [-0.3, -0.25) is 4.68 Å². The number of nitrogens with two attached hydrogens (primary N) is 1. The smallest absolute Gasteiger partial charge is 0.126 e. The predicted octanol–water partition coefficient (Wildman–Crippen LogP) is 1.61. The van der Waals surface area contributed by atoms with Crippen molar-refractivity contribution in [3.63, 3.8) is 0 Å². The molecule has 0 spiro atoms. The van der Waals surface area contributed by atoms with Crippen LogP contribution in [0.25, 0.3) is 0 Å². The zero-order valence-electron chi connectivity index (χ0n) is 11.9. The normalized spacial score (nSPS) is 14.1. The number of hydrogen-bond acceptors (Lipinski definition) is 3. The molecule has 1 heterocycles. The van der Waals surface area contributed by atoms with E-state index in [1.54, 1.807) is 10.9 Å². The number of hydrogen-bond donors (Lipinski definition) is 2. The molecule has 4 nitrogen and oxygen atoms in total. The van der Waals surface area contributed by atoms with Crippen molar-refractivity contribution in [2.45, 2.75) is 25.3 Å². The second kappa shape index (κ2) is 6.32. The summed E-state index contributed by atoms with van der Waals surface area (Å²) in [5.41, 5.74) is 6.10. The molecule has 1 aromatic carbocycles. The largest absolute Gasteiger partial charge is 0.395 e. The SMILES string of the molecule is CCn1cc(CC(CN)(CO)c2cc(F)cc(F)c2)cn1. The quantitative estimate of drug-likeness (QED) is 0.851. The van der Waals surface area contributed by atoms with Crippen molar-refractivity contribution in [2.75, 3.05) is 13.2 Å². The lowest BCUT2D eigenvalue weighted by Crippen LogP contribution is -2.41. The van der Waals surface area contributed by atoms with E-state index >= 15 is 0 Å². The summed E-state index contributed by atoms with van der Waals surface area (Å²) in [6.45, 7) is 2.46. The van der Waals surface area contributed by atoms with Crippen LogP contribution in [0.5, 0.6) is 0 Å². The van der Waals surface area contributed by atoms with Gasteiger partial charge in [-0.1, -0.05) is 0 Å². The molecule has 0 aliphatic heterocycles. The van der Waals surface area contributed by atoms with Gasteiger partial charge in [0.1, 0.15) is 11.6 Å². The summed E-state index contributed by atoms with van der Waals surface area (Å²) in [7, 11) is 0. The highest BCUT2D eigenvalue weighted by molar-refractivity contribution is 5.30. The number of aliphatic hydroxyl groups excluding tert-OH is 1. The zero-order valence-corrected chi connectivity index (χ0v) is 11.9. The van der Waals surface area contributed by atoms with Gasteiger partial charge >= 0.3 is 0 Å². The first-order valence-corrected chi connectivity index (χ1v) is 6.82. The Hall–Kier alpha value is -1.79. The van der Waals surface area contributed by atoms with Crippen molar-refractivity contribution in [3.05, 3.63) is 53.4 Å². The summed E-state index contributed by atoms with van der Waals surface area (Å²) in [4.78, 5) is 0. The van der Waals surface area contributed by atoms with E-state index in [0.717, 1.165) is 18.2 Å². The van der Waals surface area contributed by atoms with E-state index in [9.17, 15) is 13.9 Å². The highest BCUT2D eigenvalue weighted by Crippen LogP contribution is 2.28. The first kappa shape index (κ1) is 15.6. The minimum absolute atomic E-state index is 0.0731. The van der Waals surface area contributed by atoms with Crippen LogP contribution >= 0.6 is 0 Å². The molecule has 0 bridgehead atoms. The highest BCUT2D eigenvalue weighted by atomic mass is 19.1. The average molecular weight is 295 g/mol. The van der Waals surface area contributed by atoms with Crippen molar-refractivity contribution in [1.29, 1.82) is 0 Å². The van der Waals surface area contributed by atoms with Crippen LogP contribution in [0.4, 0.5) is 8.78 Å². The van der Waals surface area contributed by atoms with Crippen LogP contribution < -0.4 is 5.73 Å². The average Bonchev–Trinajstić information content (AvgIpc) is 2.91. The third-order valence-corrected chi connectivity index (χ3v) is 3.72. The summed E-state index contributed by atoms with van der Waals surface area (Å²) in [6, 6.07) is 3.24. The minimum atomic E-state index is -0.926. The molecule has 6 heteroatoms. The van der Waals surface area contributed by atoms with Crippen LogP contribution in [-0.4, -0.2) is 28.0 Å². The summed E-state index contributed by atoms with van der Waals surface area (Å²) < 4.78 is 28.6. The molecular weight excluding hydrogens is 276 g/mol. The second-order valence-electron chi connectivity index (χ2n) is 5.18. The number of rotatable bonds is 6. The van der Waals surface area contributed by atoms with Gasteiger partial charge in [-0.25, -0.2) is 8.78 Å². The maximum atomic E-state index is 13.4. The van der Waals surface area contributed by atoms with E-state index in [0.29, 0.717) is 12.0 Å². The Morgan fingerprint density at radius 3 is 2.43 bits per heavy atom. The molecule has 0 saturated heterocycles. The van der Waals surface area contributed by atoms with Crippen molar-refractivity contribution < 1.29 is 13.9 Å². The predicted molar refractivity (Wildman–Crippen MR) is 75.8 cm³/mol. The van der Waals surface area contributed by atoms with Crippen LogP contribution in [0.3, 0.4) is 0 Å². The van der Waals surface area contributed by atoms with Gasteiger partial charge < -0.3 is 10.8 Å². The zero-order chi connectivity index (χ0) is 15.5. The summed E-state index contributed by atoms with van der Waals surface area (Å²) in [6.07, 6.45) is 3.89. The van der Waals surface area contributed by atoms with E-state index in [1.807, 2.05) is 13.1 Å². The lowest BCUT2D eigenvalue weighted by Gasteiger charge is -2.31. The topological polar surface area (TPSA) is 64.1 Å². The molecule has 2 rings (SSSR count). The molecule has 3 N–H and O–H groups in total. The van der Waals surface area contributed by atoms with Crippen molar-refractivity contribution in [2.24, 2.45) is 5.73 Å². The number of aromatic nitrogens is 2. The Kier molecular flexibility index (Phi) is 4.69. The monoisotopic (exact) mass is 295 g/mol. The molecular formula is C15H19F2N3O. The highest BCUT2D eigenvalue weighted by Gasteiger charge is 2.32.